The number of aliphatic hydroxyl groups excluding tert-OH is 3. The van der Waals surface area contributed by atoms with Gasteiger partial charge in [0.2, 0.25) is 0 Å². The van der Waals surface area contributed by atoms with E-state index in [1.165, 1.54) is 12.5 Å². The van der Waals surface area contributed by atoms with Gasteiger partial charge in [-0.1, -0.05) is 54.8 Å². The molecule has 2 aromatic rings. The minimum Gasteiger partial charge on any atom is -0.463 e. The lowest BCUT2D eigenvalue weighted by molar-refractivity contribution is -0.234. The minimum absolute atomic E-state index is 0.0765. The number of carbonyl (C=O) groups excluding carboxylic acids is 1. The molecule has 188 valence electrons. The van der Waals surface area contributed by atoms with Gasteiger partial charge in [-0.05, 0) is 46.7 Å². The third kappa shape index (κ3) is 6.83. The van der Waals surface area contributed by atoms with Crippen LogP contribution in [0, 0.1) is 12.3 Å². The zero-order valence-electron chi connectivity index (χ0n) is 19.8. The first-order valence-electron chi connectivity index (χ1n) is 11.5. The molecule has 1 heterocycles. The van der Waals surface area contributed by atoms with Crippen molar-refractivity contribution in [1.82, 2.24) is 0 Å². The van der Waals surface area contributed by atoms with Gasteiger partial charge < -0.3 is 29.5 Å². The second-order valence-corrected chi connectivity index (χ2v) is 8.96. The van der Waals surface area contributed by atoms with Crippen LogP contribution in [0.15, 0.2) is 36.4 Å². The third-order valence-electron chi connectivity index (χ3n) is 6.05. The van der Waals surface area contributed by atoms with E-state index in [0.717, 1.165) is 17.5 Å². The van der Waals surface area contributed by atoms with Crippen molar-refractivity contribution in [3.8, 4) is 12.3 Å². The molecule has 1 saturated heterocycles. The number of terminal acetylenes is 1. The quantitative estimate of drug-likeness (QED) is 0.275. The monoisotopic (exact) mass is 502 g/mol. The lowest BCUT2D eigenvalue weighted by Gasteiger charge is -2.41. The number of aliphatic hydroxyl groups is 3. The molecule has 0 aliphatic carbocycles. The Morgan fingerprint density at radius 3 is 2.40 bits per heavy atom. The van der Waals surface area contributed by atoms with Crippen molar-refractivity contribution in [2.75, 3.05) is 13.2 Å². The molecular formula is C27H31ClO7. The van der Waals surface area contributed by atoms with E-state index in [9.17, 15) is 20.1 Å². The SMILES string of the molecule is C#CCOCc1cc(Cl)c(Cc2ccc(CC)cc2)cc1[C@@H]1O[C@H](COC(C)=O)[C@H](O)[C@@H](O)[C@H]1O. The van der Waals surface area contributed by atoms with E-state index >= 15 is 0 Å². The van der Waals surface area contributed by atoms with Crippen LogP contribution in [-0.4, -0.2) is 58.9 Å². The van der Waals surface area contributed by atoms with E-state index in [0.29, 0.717) is 22.6 Å². The Morgan fingerprint density at radius 1 is 1.09 bits per heavy atom. The summed E-state index contributed by atoms with van der Waals surface area (Å²) in [7, 11) is 0. The Labute approximate surface area is 210 Å². The van der Waals surface area contributed by atoms with Crippen LogP contribution < -0.4 is 0 Å². The first kappa shape index (κ1) is 27.2. The third-order valence-corrected chi connectivity index (χ3v) is 6.40. The van der Waals surface area contributed by atoms with Gasteiger partial charge in [0.25, 0.3) is 0 Å². The van der Waals surface area contributed by atoms with Crippen LogP contribution in [0.3, 0.4) is 0 Å². The molecule has 0 aromatic heterocycles. The number of benzene rings is 2. The Kier molecular flexibility index (Phi) is 9.70. The van der Waals surface area contributed by atoms with Gasteiger partial charge in [0.1, 0.15) is 43.7 Å². The summed E-state index contributed by atoms with van der Waals surface area (Å²) in [6, 6.07) is 11.8. The number of esters is 1. The van der Waals surface area contributed by atoms with Crippen molar-refractivity contribution in [1.29, 1.82) is 0 Å². The van der Waals surface area contributed by atoms with Crippen LogP contribution in [0.5, 0.6) is 0 Å². The van der Waals surface area contributed by atoms with Crippen molar-refractivity contribution in [2.24, 2.45) is 0 Å². The summed E-state index contributed by atoms with van der Waals surface area (Å²) in [4.78, 5) is 11.3. The van der Waals surface area contributed by atoms with Crippen LogP contribution in [0.4, 0.5) is 0 Å². The average Bonchev–Trinajstić information content (AvgIpc) is 2.84. The van der Waals surface area contributed by atoms with Gasteiger partial charge in [-0.25, -0.2) is 0 Å². The standard InChI is InChI=1S/C27H31ClO7/c1-4-10-33-14-20-13-22(28)19(11-18-8-6-17(5-2)7-9-18)12-21(20)27-26(32)25(31)24(30)23(35-27)15-34-16(3)29/h1,6-9,12-13,23-27,30-32H,5,10-11,14-15H2,2-3H3/t23-,24+,25-,26-,27+/m1/s1. The molecule has 1 fully saturated rings. The molecule has 8 heteroatoms. The molecule has 0 saturated carbocycles. The van der Waals surface area contributed by atoms with Gasteiger partial charge in [-0.15, -0.1) is 6.42 Å². The predicted octanol–water partition coefficient (Wildman–Crippen LogP) is 2.73. The van der Waals surface area contributed by atoms with Crippen LogP contribution in [-0.2, 0) is 38.5 Å². The van der Waals surface area contributed by atoms with Crippen LogP contribution >= 0.6 is 11.6 Å². The number of halogens is 1. The predicted molar refractivity (Wildman–Crippen MR) is 131 cm³/mol. The average molecular weight is 503 g/mol. The van der Waals surface area contributed by atoms with E-state index in [1.807, 2.05) is 18.2 Å². The Balaban J connectivity index is 1.97. The van der Waals surface area contributed by atoms with Crippen LogP contribution in [0.2, 0.25) is 5.02 Å². The summed E-state index contributed by atoms with van der Waals surface area (Å²) in [6.07, 6.45) is 0.303. The number of hydrogen-bond donors (Lipinski definition) is 3. The van der Waals surface area contributed by atoms with Gasteiger partial charge in [0.05, 0.1) is 6.61 Å². The van der Waals surface area contributed by atoms with E-state index in [-0.39, 0.29) is 19.8 Å². The molecule has 0 unspecified atom stereocenters. The van der Waals surface area contributed by atoms with E-state index in [2.05, 4.69) is 25.0 Å². The second kappa shape index (κ2) is 12.5. The number of aryl methyl sites for hydroxylation is 1. The Hall–Kier alpha value is -2.44. The molecule has 0 amide bonds. The van der Waals surface area contributed by atoms with Gasteiger partial charge in [-0.2, -0.15) is 0 Å². The highest BCUT2D eigenvalue weighted by Gasteiger charge is 2.45. The minimum atomic E-state index is -1.52. The van der Waals surface area contributed by atoms with Gasteiger partial charge in [-0.3, -0.25) is 4.79 Å². The van der Waals surface area contributed by atoms with Crippen molar-refractivity contribution in [3.63, 3.8) is 0 Å². The zero-order chi connectivity index (χ0) is 25.5. The largest absolute Gasteiger partial charge is 0.463 e. The van der Waals surface area contributed by atoms with Crippen molar-refractivity contribution >= 4 is 17.6 Å². The molecule has 7 nitrogen and oxygen atoms in total. The highest BCUT2D eigenvalue weighted by atomic mass is 35.5. The summed E-state index contributed by atoms with van der Waals surface area (Å²) >= 11 is 6.62. The molecule has 5 atom stereocenters. The summed E-state index contributed by atoms with van der Waals surface area (Å²) in [5.41, 5.74) is 4.23. The fourth-order valence-electron chi connectivity index (χ4n) is 4.08. The maximum absolute atomic E-state index is 11.3. The molecule has 0 bridgehead atoms. The van der Waals surface area contributed by atoms with Crippen molar-refractivity contribution in [2.45, 2.75) is 63.8 Å². The first-order valence-corrected chi connectivity index (χ1v) is 11.9. The summed E-state index contributed by atoms with van der Waals surface area (Å²) in [5.74, 6) is 1.85. The van der Waals surface area contributed by atoms with Crippen LogP contribution in [0.25, 0.3) is 0 Å². The molecule has 35 heavy (non-hydrogen) atoms. The lowest BCUT2D eigenvalue weighted by atomic mass is 9.87. The molecule has 1 aliphatic rings. The zero-order valence-corrected chi connectivity index (χ0v) is 20.6. The maximum Gasteiger partial charge on any atom is 0.302 e. The van der Waals surface area contributed by atoms with Crippen molar-refractivity contribution < 1.29 is 34.3 Å². The molecule has 3 N–H and O–H groups in total. The molecule has 0 spiro atoms. The highest BCUT2D eigenvalue weighted by molar-refractivity contribution is 6.31. The Morgan fingerprint density at radius 2 is 1.77 bits per heavy atom. The molecule has 0 radical (unpaired) electrons. The Bertz CT molecular complexity index is 1050. The summed E-state index contributed by atoms with van der Waals surface area (Å²) in [6.45, 7) is 3.23. The van der Waals surface area contributed by atoms with Crippen molar-refractivity contribution in [3.05, 3.63) is 69.2 Å². The number of carbonyl (C=O) groups is 1. The van der Waals surface area contributed by atoms with E-state index in [1.54, 1.807) is 6.07 Å². The fourth-order valence-corrected chi connectivity index (χ4v) is 4.33. The van der Waals surface area contributed by atoms with Gasteiger partial charge in [0.15, 0.2) is 0 Å². The smallest absolute Gasteiger partial charge is 0.302 e. The highest BCUT2D eigenvalue weighted by Crippen LogP contribution is 2.37. The first-order chi connectivity index (χ1) is 16.7. The topological polar surface area (TPSA) is 105 Å². The normalized spacial score (nSPS) is 24.1. The summed E-state index contributed by atoms with van der Waals surface area (Å²) < 4.78 is 16.5. The second-order valence-electron chi connectivity index (χ2n) is 8.56. The molecule has 2 aromatic carbocycles. The van der Waals surface area contributed by atoms with Gasteiger partial charge in [0, 0.05) is 11.9 Å². The van der Waals surface area contributed by atoms with E-state index < -0.39 is 36.5 Å². The number of rotatable bonds is 9. The van der Waals surface area contributed by atoms with Crippen LogP contribution in [0.1, 0.15) is 47.8 Å². The van der Waals surface area contributed by atoms with Gasteiger partial charge >= 0.3 is 5.97 Å². The molecular weight excluding hydrogens is 472 g/mol. The lowest BCUT2D eigenvalue weighted by Crippen LogP contribution is -2.55. The van der Waals surface area contributed by atoms with E-state index in [4.69, 9.17) is 32.2 Å². The maximum atomic E-state index is 11.3. The molecule has 1 aliphatic heterocycles. The fraction of sp³-hybridized carbons (Fsp3) is 0.444. The number of hydrogen-bond acceptors (Lipinski definition) is 7. The number of ether oxygens (including phenoxy) is 3. The summed E-state index contributed by atoms with van der Waals surface area (Å²) in [5, 5.41) is 32.2. The molecule has 3 rings (SSSR count).